The van der Waals surface area contributed by atoms with Gasteiger partial charge in [0.25, 0.3) is 0 Å². The smallest absolute Gasteiger partial charge is 0.0568 e. The zero-order valence-electron chi connectivity index (χ0n) is 8.54. The lowest BCUT2D eigenvalue weighted by Crippen LogP contribution is -2.26. The lowest BCUT2D eigenvalue weighted by atomic mass is 9.80. The molecular weight excluding hydrogens is 160 g/mol. The van der Waals surface area contributed by atoms with Gasteiger partial charge in [-0.2, -0.15) is 0 Å². The molecule has 76 valence electrons. The molecule has 0 radical (unpaired) electrons. The molecule has 2 aliphatic rings. The van der Waals surface area contributed by atoms with E-state index in [2.05, 4.69) is 0 Å². The number of aliphatic hydroxyl groups excluding tert-OH is 1. The van der Waals surface area contributed by atoms with E-state index in [0.717, 1.165) is 12.3 Å². The van der Waals surface area contributed by atoms with E-state index in [1.807, 2.05) is 0 Å². The number of hydrogen-bond acceptors (Lipinski definition) is 1. The van der Waals surface area contributed by atoms with Crippen LogP contribution in [0, 0.1) is 11.8 Å². The molecule has 2 aliphatic carbocycles. The lowest BCUT2D eigenvalue weighted by molar-refractivity contribution is 0.0564. The molecule has 2 rings (SSSR count). The van der Waals surface area contributed by atoms with Gasteiger partial charge in [0.2, 0.25) is 0 Å². The highest BCUT2D eigenvalue weighted by atomic mass is 16.3. The molecule has 2 atom stereocenters. The van der Waals surface area contributed by atoms with Gasteiger partial charge in [0.05, 0.1) is 6.10 Å². The van der Waals surface area contributed by atoms with E-state index in [4.69, 9.17) is 0 Å². The van der Waals surface area contributed by atoms with Crippen molar-refractivity contribution < 1.29 is 5.11 Å². The summed E-state index contributed by atoms with van der Waals surface area (Å²) >= 11 is 0. The van der Waals surface area contributed by atoms with Crippen LogP contribution >= 0.6 is 0 Å². The van der Waals surface area contributed by atoms with Crippen molar-refractivity contribution in [3.63, 3.8) is 0 Å². The van der Waals surface area contributed by atoms with E-state index in [9.17, 15) is 5.11 Å². The SMILES string of the molecule is O[C@@H]1CCCC[C@H]1CC1CCCC1. The maximum absolute atomic E-state index is 9.83. The molecule has 0 aliphatic heterocycles. The second-order valence-electron chi connectivity index (χ2n) is 5.00. The number of aliphatic hydroxyl groups is 1. The van der Waals surface area contributed by atoms with E-state index < -0.39 is 0 Å². The monoisotopic (exact) mass is 182 g/mol. The summed E-state index contributed by atoms with van der Waals surface area (Å²) in [6.45, 7) is 0. The summed E-state index contributed by atoms with van der Waals surface area (Å²) in [5.74, 6) is 1.61. The summed E-state index contributed by atoms with van der Waals surface area (Å²) in [5.41, 5.74) is 0. The highest BCUT2D eigenvalue weighted by Gasteiger charge is 2.27. The summed E-state index contributed by atoms with van der Waals surface area (Å²) in [7, 11) is 0. The first-order valence-electron chi connectivity index (χ1n) is 6.04. The van der Waals surface area contributed by atoms with Gasteiger partial charge < -0.3 is 5.11 Å². The maximum atomic E-state index is 9.83. The Morgan fingerprint density at radius 3 is 2.15 bits per heavy atom. The van der Waals surface area contributed by atoms with Gasteiger partial charge in [0.15, 0.2) is 0 Å². The molecule has 13 heavy (non-hydrogen) atoms. The van der Waals surface area contributed by atoms with Crippen LogP contribution in [0.25, 0.3) is 0 Å². The molecule has 0 aromatic heterocycles. The van der Waals surface area contributed by atoms with Crippen molar-refractivity contribution in [2.24, 2.45) is 11.8 Å². The van der Waals surface area contributed by atoms with Crippen molar-refractivity contribution in [1.29, 1.82) is 0 Å². The van der Waals surface area contributed by atoms with Crippen LogP contribution in [0.5, 0.6) is 0 Å². The predicted octanol–water partition coefficient (Wildman–Crippen LogP) is 3.12. The molecule has 2 fully saturated rings. The fourth-order valence-corrected chi connectivity index (χ4v) is 3.14. The van der Waals surface area contributed by atoms with Crippen LogP contribution in [0.4, 0.5) is 0 Å². The molecule has 0 unspecified atom stereocenters. The summed E-state index contributed by atoms with van der Waals surface area (Å²) < 4.78 is 0. The van der Waals surface area contributed by atoms with Crippen molar-refractivity contribution >= 4 is 0 Å². The first kappa shape index (κ1) is 9.51. The van der Waals surface area contributed by atoms with Gasteiger partial charge in [-0.3, -0.25) is 0 Å². The lowest BCUT2D eigenvalue weighted by Gasteiger charge is -2.29. The average Bonchev–Trinajstić information content (AvgIpc) is 2.61. The topological polar surface area (TPSA) is 20.2 Å². The van der Waals surface area contributed by atoms with Crippen LogP contribution in [0.2, 0.25) is 0 Å². The Labute approximate surface area is 81.5 Å². The molecule has 0 saturated heterocycles. The van der Waals surface area contributed by atoms with Gasteiger partial charge in [-0.15, -0.1) is 0 Å². The van der Waals surface area contributed by atoms with E-state index in [1.165, 1.54) is 51.4 Å². The predicted molar refractivity (Wildman–Crippen MR) is 54.5 cm³/mol. The second-order valence-corrected chi connectivity index (χ2v) is 5.00. The van der Waals surface area contributed by atoms with E-state index in [-0.39, 0.29) is 6.10 Å². The minimum absolute atomic E-state index is 0.0364. The van der Waals surface area contributed by atoms with Crippen LogP contribution < -0.4 is 0 Å². The molecule has 0 amide bonds. The summed E-state index contributed by atoms with van der Waals surface area (Å²) in [6, 6.07) is 0. The van der Waals surface area contributed by atoms with Gasteiger partial charge >= 0.3 is 0 Å². The van der Waals surface area contributed by atoms with Gasteiger partial charge in [0, 0.05) is 0 Å². The highest BCUT2D eigenvalue weighted by Crippen LogP contribution is 2.35. The van der Waals surface area contributed by atoms with E-state index in [0.29, 0.717) is 5.92 Å². The molecule has 1 heteroatoms. The zero-order valence-corrected chi connectivity index (χ0v) is 8.54. The van der Waals surface area contributed by atoms with Gasteiger partial charge in [-0.25, -0.2) is 0 Å². The van der Waals surface area contributed by atoms with Crippen LogP contribution in [0.15, 0.2) is 0 Å². The van der Waals surface area contributed by atoms with Gasteiger partial charge in [0.1, 0.15) is 0 Å². The molecular formula is C12H22O. The van der Waals surface area contributed by atoms with Crippen molar-refractivity contribution in [3.05, 3.63) is 0 Å². The first-order chi connectivity index (χ1) is 6.36. The largest absolute Gasteiger partial charge is 0.393 e. The third-order valence-corrected chi connectivity index (χ3v) is 3.98. The summed E-state index contributed by atoms with van der Waals surface area (Å²) in [4.78, 5) is 0. The molecule has 2 saturated carbocycles. The fourth-order valence-electron chi connectivity index (χ4n) is 3.14. The summed E-state index contributed by atoms with van der Waals surface area (Å²) in [5, 5.41) is 9.83. The Morgan fingerprint density at radius 1 is 0.846 bits per heavy atom. The average molecular weight is 182 g/mol. The van der Waals surface area contributed by atoms with Crippen molar-refractivity contribution in [2.45, 2.75) is 63.9 Å². The fraction of sp³-hybridized carbons (Fsp3) is 1.00. The zero-order chi connectivity index (χ0) is 9.10. The minimum Gasteiger partial charge on any atom is -0.393 e. The maximum Gasteiger partial charge on any atom is 0.0568 e. The molecule has 1 nitrogen and oxygen atoms in total. The molecule has 1 N–H and O–H groups in total. The highest BCUT2D eigenvalue weighted by molar-refractivity contribution is 4.79. The minimum atomic E-state index is 0.0364. The standard InChI is InChI=1S/C12H22O/c13-12-8-4-3-7-11(12)9-10-5-1-2-6-10/h10-13H,1-9H2/t11-,12+/m0/s1. The Morgan fingerprint density at radius 2 is 1.46 bits per heavy atom. The molecule has 0 heterocycles. The normalized spacial score (nSPS) is 36.7. The molecule has 0 spiro atoms. The first-order valence-corrected chi connectivity index (χ1v) is 6.04. The van der Waals surface area contributed by atoms with Gasteiger partial charge in [-0.05, 0) is 31.1 Å². The Bertz CT molecular complexity index is 149. The number of hydrogen-bond donors (Lipinski definition) is 1. The van der Waals surface area contributed by atoms with E-state index in [1.54, 1.807) is 0 Å². The Kier molecular flexibility index (Phi) is 3.26. The van der Waals surface area contributed by atoms with E-state index >= 15 is 0 Å². The third kappa shape index (κ3) is 2.46. The molecule has 0 bridgehead atoms. The van der Waals surface area contributed by atoms with Gasteiger partial charge in [-0.1, -0.05) is 38.5 Å². The molecule has 0 aromatic rings. The van der Waals surface area contributed by atoms with Crippen molar-refractivity contribution in [2.75, 3.05) is 0 Å². The second kappa shape index (κ2) is 4.45. The van der Waals surface area contributed by atoms with Crippen molar-refractivity contribution in [3.8, 4) is 0 Å². The van der Waals surface area contributed by atoms with Crippen molar-refractivity contribution in [1.82, 2.24) is 0 Å². The Balaban J connectivity index is 1.78. The van der Waals surface area contributed by atoms with Crippen LogP contribution in [0.3, 0.4) is 0 Å². The van der Waals surface area contributed by atoms with Crippen LogP contribution in [-0.4, -0.2) is 11.2 Å². The summed E-state index contributed by atoms with van der Waals surface area (Å²) in [6.07, 6.45) is 12.1. The third-order valence-electron chi connectivity index (χ3n) is 3.98. The van der Waals surface area contributed by atoms with Crippen LogP contribution in [0.1, 0.15) is 57.8 Å². The van der Waals surface area contributed by atoms with Crippen LogP contribution in [-0.2, 0) is 0 Å². The quantitative estimate of drug-likeness (QED) is 0.695. The Hall–Kier alpha value is -0.0400. The molecule has 0 aromatic carbocycles. The number of rotatable bonds is 2.